The molecule has 7 heteroatoms. The molecule has 0 N–H and O–H groups in total. The Balaban J connectivity index is 1.81. The summed E-state index contributed by atoms with van der Waals surface area (Å²) in [6.45, 7) is 2.82. The highest BCUT2D eigenvalue weighted by molar-refractivity contribution is 9.10. The van der Waals surface area contributed by atoms with Crippen molar-refractivity contribution in [1.82, 2.24) is 9.55 Å². The van der Waals surface area contributed by atoms with Gasteiger partial charge in [-0.1, -0.05) is 18.5 Å². The molecule has 1 aromatic carbocycles. The normalized spacial score (nSPS) is 17.3. The van der Waals surface area contributed by atoms with Crippen molar-refractivity contribution in [2.24, 2.45) is 5.92 Å². The Hall–Kier alpha value is -1.53. The van der Waals surface area contributed by atoms with E-state index in [4.69, 9.17) is 16.3 Å². The number of methoxy groups -OCH3 is 1. The smallest absolute Gasteiger partial charge is 0.294 e. The highest BCUT2D eigenvalue weighted by atomic mass is 79.9. The van der Waals surface area contributed by atoms with E-state index in [0.29, 0.717) is 23.4 Å². The summed E-state index contributed by atoms with van der Waals surface area (Å²) in [6, 6.07) is 4.13. The molecule has 0 bridgehead atoms. The number of aromatic nitrogens is 2. The fourth-order valence-corrected chi connectivity index (χ4v) is 4.80. The van der Waals surface area contributed by atoms with Crippen molar-refractivity contribution in [2.45, 2.75) is 38.6 Å². The maximum atomic E-state index is 13.2. The van der Waals surface area contributed by atoms with Gasteiger partial charge < -0.3 is 14.2 Å². The Morgan fingerprint density at radius 1 is 1.42 bits per heavy atom. The van der Waals surface area contributed by atoms with Gasteiger partial charge >= 0.3 is 0 Å². The van der Waals surface area contributed by atoms with Crippen molar-refractivity contribution < 1.29 is 4.74 Å². The van der Waals surface area contributed by atoms with Crippen LogP contribution in [-0.2, 0) is 6.42 Å². The summed E-state index contributed by atoms with van der Waals surface area (Å²) < 4.78 is 8.05. The molecule has 0 amide bonds. The van der Waals surface area contributed by atoms with Crippen LogP contribution in [-0.4, -0.2) is 23.2 Å². The minimum absolute atomic E-state index is 0.0660. The standard InChI is InChI=1S/C19H21BrClN3O2/c1-3-15(11-4-5-11)24-10-16(21)22-18(19(24)25)23-7-6-12-8-13(26-2)9-14(20)17(12)23/h8-11,15H,3-7H2,1-2H3. The number of benzene rings is 1. The molecule has 2 aromatic rings. The van der Waals surface area contributed by atoms with E-state index >= 15 is 0 Å². The van der Waals surface area contributed by atoms with Crippen LogP contribution in [0.25, 0.3) is 0 Å². The molecule has 26 heavy (non-hydrogen) atoms. The average molecular weight is 439 g/mol. The molecule has 1 unspecified atom stereocenters. The van der Waals surface area contributed by atoms with Crippen molar-refractivity contribution in [3.63, 3.8) is 0 Å². The van der Waals surface area contributed by atoms with E-state index in [1.165, 1.54) is 12.8 Å². The van der Waals surface area contributed by atoms with Gasteiger partial charge in [0.25, 0.3) is 5.56 Å². The van der Waals surface area contributed by atoms with Gasteiger partial charge in [0.15, 0.2) is 0 Å². The van der Waals surface area contributed by atoms with Crippen LogP contribution in [0.5, 0.6) is 5.75 Å². The Morgan fingerprint density at radius 2 is 2.19 bits per heavy atom. The molecular formula is C19H21BrClN3O2. The first-order valence-corrected chi connectivity index (χ1v) is 10.1. The summed E-state index contributed by atoms with van der Waals surface area (Å²) in [6.07, 6.45) is 5.80. The van der Waals surface area contributed by atoms with Crippen LogP contribution in [0.1, 0.15) is 37.8 Å². The number of halogens is 2. The molecule has 2 aliphatic rings. The van der Waals surface area contributed by atoms with Gasteiger partial charge in [0.2, 0.25) is 5.82 Å². The molecule has 5 nitrogen and oxygen atoms in total. The van der Waals surface area contributed by atoms with Gasteiger partial charge in [0.1, 0.15) is 10.9 Å². The van der Waals surface area contributed by atoms with E-state index in [0.717, 1.165) is 34.3 Å². The van der Waals surface area contributed by atoms with Crippen LogP contribution in [0.3, 0.4) is 0 Å². The molecule has 0 saturated heterocycles. The zero-order chi connectivity index (χ0) is 18.4. The van der Waals surface area contributed by atoms with Crippen LogP contribution < -0.4 is 15.2 Å². The number of anilines is 2. The zero-order valence-corrected chi connectivity index (χ0v) is 17.2. The third kappa shape index (κ3) is 3.03. The fraction of sp³-hybridized carbons (Fsp3) is 0.474. The van der Waals surface area contributed by atoms with Gasteiger partial charge in [0, 0.05) is 23.3 Å². The zero-order valence-electron chi connectivity index (χ0n) is 14.8. The van der Waals surface area contributed by atoms with Gasteiger partial charge in [0.05, 0.1) is 12.8 Å². The van der Waals surface area contributed by atoms with Crippen molar-refractivity contribution in [2.75, 3.05) is 18.6 Å². The Kier molecular flexibility index (Phi) is 4.73. The molecule has 1 fully saturated rings. The third-order valence-corrected chi connectivity index (χ3v) is 6.09. The predicted molar refractivity (Wildman–Crippen MR) is 107 cm³/mol. The first kappa shape index (κ1) is 17.9. The summed E-state index contributed by atoms with van der Waals surface area (Å²) in [5.74, 6) is 1.78. The fourth-order valence-electron chi connectivity index (χ4n) is 3.92. The summed E-state index contributed by atoms with van der Waals surface area (Å²) in [7, 11) is 1.65. The first-order chi connectivity index (χ1) is 12.5. The minimum atomic E-state index is -0.0660. The van der Waals surface area contributed by atoms with E-state index in [2.05, 4.69) is 27.8 Å². The Labute approximate surface area is 166 Å². The summed E-state index contributed by atoms with van der Waals surface area (Å²) in [5.41, 5.74) is 2.05. The molecule has 0 spiro atoms. The number of ether oxygens (including phenoxy) is 1. The molecule has 1 aromatic heterocycles. The molecule has 0 radical (unpaired) electrons. The molecule has 138 valence electrons. The number of fused-ring (bicyclic) bond motifs is 1. The van der Waals surface area contributed by atoms with E-state index in [1.54, 1.807) is 17.9 Å². The van der Waals surface area contributed by atoms with E-state index in [1.807, 2.05) is 17.0 Å². The van der Waals surface area contributed by atoms with E-state index < -0.39 is 0 Å². The topological polar surface area (TPSA) is 47.4 Å². The van der Waals surface area contributed by atoms with E-state index in [-0.39, 0.29) is 11.6 Å². The Bertz CT molecular complexity index is 910. The van der Waals surface area contributed by atoms with Gasteiger partial charge in [-0.15, -0.1) is 0 Å². The molecule has 1 atom stereocenters. The number of hydrogen-bond donors (Lipinski definition) is 0. The highest BCUT2D eigenvalue weighted by Gasteiger charge is 2.34. The average Bonchev–Trinajstić information content (AvgIpc) is 3.36. The van der Waals surface area contributed by atoms with Crippen molar-refractivity contribution >= 4 is 39.0 Å². The lowest BCUT2D eigenvalue weighted by Gasteiger charge is -2.23. The van der Waals surface area contributed by atoms with Crippen LogP contribution in [0.15, 0.2) is 27.6 Å². The molecule has 4 rings (SSSR count). The van der Waals surface area contributed by atoms with Crippen molar-refractivity contribution in [3.05, 3.63) is 43.9 Å². The summed E-state index contributed by atoms with van der Waals surface area (Å²) in [4.78, 5) is 19.6. The predicted octanol–water partition coefficient (Wildman–Crippen LogP) is 4.72. The molecule has 1 saturated carbocycles. The van der Waals surface area contributed by atoms with Crippen molar-refractivity contribution in [1.29, 1.82) is 0 Å². The Morgan fingerprint density at radius 3 is 2.85 bits per heavy atom. The lowest BCUT2D eigenvalue weighted by Crippen LogP contribution is -2.32. The third-order valence-electron chi connectivity index (χ3n) is 5.31. The second-order valence-electron chi connectivity index (χ2n) is 6.93. The second kappa shape index (κ2) is 6.89. The largest absolute Gasteiger partial charge is 0.497 e. The summed E-state index contributed by atoms with van der Waals surface area (Å²) in [5, 5.41) is 0.358. The van der Waals surface area contributed by atoms with Crippen LogP contribution in [0.2, 0.25) is 5.15 Å². The molecule has 2 heterocycles. The summed E-state index contributed by atoms with van der Waals surface area (Å²) >= 11 is 9.93. The highest BCUT2D eigenvalue weighted by Crippen LogP contribution is 2.43. The lowest BCUT2D eigenvalue weighted by molar-refractivity contribution is 0.414. The minimum Gasteiger partial charge on any atom is -0.497 e. The number of hydrogen-bond acceptors (Lipinski definition) is 4. The van der Waals surface area contributed by atoms with Crippen LogP contribution >= 0.6 is 27.5 Å². The van der Waals surface area contributed by atoms with Gasteiger partial charge in [-0.25, -0.2) is 4.98 Å². The van der Waals surface area contributed by atoms with Crippen LogP contribution in [0, 0.1) is 5.92 Å². The van der Waals surface area contributed by atoms with Gasteiger partial charge in [-0.05, 0) is 65.2 Å². The quantitative estimate of drug-likeness (QED) is 0.677. The monoisotopic (exact) mass is 437 g/mol. The lowest BCUT2D eigenvalue weighted by atomic mass is 10.1. The SMILES string of the molecule is CCC(C1CC1)n1cc(Cl)nc(N2CCc3cc(OC)cc(Br)c32)c1=O. The molecular weight excluding hydrogens is 418 g/mol. The second-order valence-corrected chi connectivity index (χ2v) is 8.17. The van der Waals surface area contributed by atoms with Crippen LogP contribution in [0.4, 0.5) is 11.5 Å². The van der Waals surface area contributed by atoms with Crippen molar-refractivity contribution in [3.8, 4) is 5.75 Å². The number of rotatable bonds is 5. The number of nitrogens with zero attached hydrogens (tertiary/aromatic N) is 3. The van der Waals surface area contributed by atoms with Gasteiger partial charge in [-0.2, -0.15) is 0 Å². The van der Waals surface area contributed by atoms with E-state index in [9.17, 15) is 4.79 Å². The maximum absolute atomic E-state index is 13.2. The first-order valence-electron chi connectivity index (χ1n) is 8.96. The maximum Gasteiger partial charge on any atom is 0.294 e. The molecule has 1 aliphatic heterocycles. The van der Waals surface area contributed by atoms with Gasteiger partial charge in [-0.3, -0.25) is 4.79 Å². The molecule has 1 aliphatic carbocycles.